The van der Waals surface area contributed by atoms with Crippen LogP contribution in [0.15, 0.2) is 48.1 Å². The Kier molecular flexibility index (Phi) is 2.19. The molecule has 4 aromatic rings. The Balaban J connectivity index is 1.91. The second-order valence-corrected chi connectivity index (χ2v) is 5.50. The third-order valence-electron chi connectivity index (χ3n) is 3.28. The zero-order valence-corrected chi connectivity index (χ0v) is 11.2. The second kappa shape index (κ2) is 3.90. The van der Waals surface area contributed by atoms with Crippen molar-refractivity contribution in [3.05, 3.63) is 48.1 Å². The Morgan fingerprint density at radius 3 is 2.68 bits per heavy atom. The summed E-state index contributed by atoms with van der Waals surface area (Å²) in [6.07, 6.45) is 2.05. The summed E-state index contributed by atoms with van der Waals surface area (Å²) in [4.78, 5) is 4.31. The molecule has 19 heavy (non-hydrogen) atoms. The molecule has 0 amide bonds. The minimum atomic E-state index is 1.03. The summed E-state index contributed by atoms with van der Waals surface area (Å²) in [7, 11) is 1.95. The minimum Gasteiger partial charge on any atom is -0.275 e. The summed E-state index contributed by atoms with van der Waals surface area (Å²) < 4.78 is 3.07. The highest BCUT2D eigenvalue weighted by atomic mass is 32.1. The molecule has 0 unspecified atom stereocenters. The van der Waals surface area contributed by atoms with Crippen LogP contribution in [0, 0.1) is 0 Å². The van der Waals surface area contributed by atoms with Crippen molar-refractivity contribution in [2.45, 2.75) is 0 Å². The molecule has 92 valence electrons. The summed E-state index contributed by atoms with van der Waals surface area (Å²) in [6.45, 7) is 0. The Labute approximate surface area is 114 Å². The van der Waals surface area contributed by atoms with Gasteiger partial charge in [-0.3, -0.25) is 4.68 Å². The van der Waals surface area contributed by atoms with Gasteiger partial charge in [-0.2, -0.15) is 5.10 Å². The van der Waals surface area contributed by atoms with E-state index in [1.54, 1.807) is 11.3 Å². The predicted octanol–water partition coefficient (Wildman–Crippen LogP) is 3.85. The number of aromatic nitrogens is 3. The number of nitrogens with zero attached hydrogens (tertiary/aromatic N) is 3. The second-order valence-electron chi connectivity index (χ2n) is 4.61. The van der Waals surface area contributed by atoms with Gasteiger partial charge in [-0.15, -0.1) is 11.3 Å². The van der Waals surface area contributed by atoms with Crippen molar-refractivity contribution in [1.82, 2.24) is 14.8 Å². The van der Waals surface area contributed by atoms with Crippen molar-refractivity contribution >= 4 is 32.5 Å². The highest BCUT2D eigenvalue weighted by Gasteiger charge is 2.04. The molecule has 0 saturated heterocycles. The van der Waals surface area contributed by atoms with Crippen molar-refractivity contribution in [3.63, 3.8) is 0 Å². The SMILES string of the molecule is Cn1cc2cc(-c3ccc4ncsc4c3)ccc2n1. The molecule has 4 heteroatoms. The van der Waals surface area contributed by atoms with Gasteiger partial charge in [0.05, 0.1) is 21.2 Å². The van der Waals surface area contributed by atoms with Crippen molar-refractivity contribution in [2.75, 3.05) is 0 Å². The van der Waals surface area contributed by atoms with E-state index in [2.05, 4.69) is 46.5 Å². The van der Waals surface area contributed by atoms with E-state index < -0.39 is 0 Å². The van der Waals surface area contributed by atoms with Gasteiger partial charge in [-0.25, -0.2) is 4.98 Å². The average Bonchev–Trinajstić information content (AvgIpc) is 3.01. The van der Waals surface area contributed by atoms with E-state index in [4.69, 9.17) is 0 Å². The summed E-state index contributed by atoms with van der Waals surface area (Å²) >= 11 is 1.68. The smallest absolute Gasteiger partial charge is 0.0923 e. The number of aryl methyl sites for hydroxylation is 1. The molecule has 0 atom stereocenters. The monoisotopic (exact) mass is 265 g/mol. The maximum atomic E-state index is 4.40. The zero-order chi connectivity index (χ0) is 12.8. The van der Waals surface area contributed by atoms with Crippen LogP contribution < -0.4 is 0 Å². The number of hydrogen-bond acceptors (Lipinski definition) is 3. The molecule has 0 N–H and O–H groups in total. The maximum Gasteiger partial charge on any atom is 0.0923 e. The molecule has 2 aromatic heterocycles. The fraction of sp³-hybridized carbons (Fsp3) is 0.0667. The number of thiazole rings is 1. The first-order chi connectivity index (χ1) is 9.29. The molecular formula is C15H11N3S. The summed E-state index contributed by atoms with van der Waals surface area (Å²) in [6, 6.07) is 12.8. The number of hydrogen-bond donors (Lipinski definition) is 0. The van der Waals surface area contributed by atoms with Crippen molar-refractivity contribution in [2.24, 2.45) is 7.05 Å². The molecule has 4 rings (SSSR count). The third-order valence-corrected chi connectivity index (χ3v) is 4.08. The van der Waals surface area contributed by atoms with Crippen LogP contribution in [-0.2, 0) is 7.05 Å². The van der Waals surface area contributed by atoms with E-state index in [0.717, 1.165) is 11.0 Å². The van der Waals surface area contributed by atoms with Crippen LogP contribution in [0.3, 0.4) is 0 Å². The molecule has 0 aliphatic rings. The lowest BCUT2D eigenvalue weighted by Crippen LogP contribution is -1.84. The van der Waals surface area contributed by atoms with E-state index in [-0.39, 0.29) is 0 Å². The van der Waals surface area contributed by atoms with Gasteiger partial charge >= 0.3 is 0 Å². The van der Waals surface area contributed by atoms with Gasteiger partial charge < -0.3 is 0 Å². The van der Waals surface area contributed by atoms with E-state index in [9.17, 15) is 0 Å². The molecule has 0 saturated carbocycles. The first-order valence-electron chi connectivity index (χ1n) is 6.07. The lowest BCUT2D eigenvalue weighted by molar-refractivity contribution is 0.780. The van der Waals surface area contributed by atoms with Crippen molar-refractivity contribution in [1.29, 1.82) is 0 Å². The molecular weight excluding hydrogens is 254 g/mol. The minimum absolute atomic E-state index is 1.03. The Bertz CT molecular complexity index is 889. The molecule has 0 fully saturated rings. The van der Waals surface area contributed by atoms with Gasteiger partial charge in [-0.1, -0.05) is 12.1 Å². The highest BCUT2D eigenvalue weighted by molar-refractivity contribution is 7.16. The van der Waals surface area contributed by atoms with Crippen LogP contribution in [0.25, 0.3) is 32.2 Å². The molecule has 3 nitrogen and oxygen atoms in total. The molecule has 0 radical (unpaired) electrons. The van der Waals surface area contributed by atoms with Crippen LogP contribution in [0.5, 0.6) is 0 Å². The maximum absolute atomic E-state index is 4.40. The molecule has 2 heterocycles. The Morgan fingerprint density at radius 1 is 1.00 bits per heavy atom. The average molecular weight is 265 g/mol. The van der Waals surface area contributed by atoms with Gasteiger partial charge in [0.25, 0.3) is 0 Å². The van der Waals surface area contributed by atoms with Crippen LogP contribution in [0.2, 0.25) is 0 Å². The fourth-order valence-corrected chi connectivity index (χ4v) is 3.08. The fourth-order valence-electron chi connectivity index (χ4n) is 2.36. The van der Waals surface area contributed by atoms with Gasteiger partial charge in [0.2, 0.25) is 0 Å². The largest absolute Gasteiger partial charge is 0.275 e. The van der Waals surface area contributed by atoms with Gasteiger partial charge in [-0.05, 0) is 35.4 Å². The number of fused-ring (bicyclic) bond motifs is 2. The predicted molar refractivity (Wildman–Crippen MR) is 79.3 cm³/mol. The Morgan fingerprint density at radius 2 is 1.79 bits per heavy atom. The standard InChI is InChI=1S/C15H11N3S/c1-18-8-12-6-10(2-4-13(12)17-18)11-3-5-14-15(7-11)19-9-16-14/h2-9H,1H3. The summed E-state index contributed by atoms with van der Waals surface area (Å²) in [5, 5.41) is 5.57. The summed E-state index contributed by atoms with van der Waals surface area (Å²) in [5.41, 5.74) is 6.43. The Hall–Kier alpha value is -2.20. The first-order valence-corrected chi connectivity index (χ1v) is 6.95. The quantitative estimate of drug-likeness (QED) is 0.523. The van der Waals surface area contributed by atoms with Gasteiger partial charge in [0.1, 0.15) is 0 Å². The number of rotatable bonds is 1. The van der Waals surface area contributed by atoms with E-state index in [0.29, 0.717) is 0 Å². The van der Waals surface area contributed by atoms with Crippen molar-refractivity contribution < 1.29 is 0 Å². The van der Waals surface area contributed by atoms with Crippen LogP contribution in [0.4, 0.5) is 0 Å². The lowest BCUT2D eigenvalue weighted by Gasteiger charge is -2.01. The van der Waals surface area contributed by atoms with Crippen LogP contribution >= 0.6 is 11.3 Å². The first kappa shape index (κ1) is 10.7. The van der Waals surface area contributed by atoms with E-state index in [1.165, 1.54) is 21.2 Å². The van der Waals surface area contributed by atoms with E-state index in [1.807, 2.05) is 23.4 Å². The normalized spacial score (nSPS) is 11.4. The lowest BCUT2D eigenvalue weighted by atomic mass is 10.0. The number of benzene rings is 2. The van der Waals surface area contributed by atoms with Crippen LogP contribution in [0.1, 0.15) is 0 Å². The van der Waals surface area contributed by atoms with Gasteiger partial charge in [0, 0.05) is 18.6 Å². The summed E-state index contributed by atoms with van der Waals surface area (Å²) in [5.74, 6) is 0. The third kappa shape index (κ3) is 1.72. The molecule has 0 bridgehead atoms. The molecule has 2 aromatic carbocycles. The highest BCUT2D eigenvalue weighted by Crippen LogP contribution is 2.28. The molecule has 0 aliphatic carbocycles. The van der Waals surface area contributed by atoms with E-state index >= 15 is 0 Å². The molecule has 0 aliphatic heterocycles. The zero-order valence-electron chi connectivity index (χ0n) is 10.4. The van der Waals surface area contributed by atoms with Crippen LogP contribution in [-0.4, -0.2) is 14.8 Å². The molecule has 0 spiro atoms. The van der Waals surface area contributed by atoms with Gasteiger partial charge in [0.15, 0.2) is 0 Å². The van der Waals surface area contributed by atoms with Crippen molar-refractivity contribution in [3.8, 4) is 11.1 Å². The topological polar surface area (TPSA) is 30.7 Å².